The second-order valence-electron chi connectivity index (χ2n) is 18.5. The second-order valence-corrected chi connectivity index (χ2v) is 19.0. The molecule has 0 radical (unpaired) electrons. The minimum absolute atomic E-state index is 0.519. The van der Waals surface area contributed by atoms with Crippen LogP contribution in [0.4, 0.5) is 0 Å². The number of hydrogen-bond donors (Lipinski definition) is 1. The maximum absolute atomic E-state index is 5.80. The van der Waals surface area contributed by atoms with Gasteiger partial charge in [0, 0.05) is 13.2 Å². The Balaban J connectivity index is 3.17. The van der Waals surface area contributed by atoms with Gasteiger partial charge in [0.1, 0.15) is 0 Å². The van der Waals surface area contributed by atoms with Gasteiger partial charge < -0.3 is 56.8 Å². The van der Waals surface area contributed by atoms with E-state index >= 15 is 0 Å². The van der Waals surface area contributed by atoms with Gasteiger partial charge in [0.05, 0.1) is 145 Å². The molecule has 0 aromatic rings. The van der Waals surface area contributed by atoms with Crippen LogP contribution in [0, 0.1) is 23.7 Å². The number of unbranched alkanes of at least 4 members (excludes halogenated alkanes) is 8. The molecule has 0 saturated heterocycles. The first-order chi connectivity index (χ1) is 32.5. The normalized spacial score (nSPS) is 13.3. The maximum Gasteiger partial charge on any atom is 0.0701 e. The number of thiol groups is 1. The summed E-state index contributed by atoms with van der Waals surface area (Å²) in [7, 11) is 0. The Morgan fingerprint density at radius 2 is 0.424 bits per heavy atom. The van der Waals surface area contributed by atoms with E-state index in [1.165, 1.54) is 109 Å². The zero-order valence-electron chi connectivity index (χ0n) is 43.8. The molecule has 66 heavy (non-hydrogen) atoms. The largest absolute Gasteiger partial charge is 0.379 e. The molecule has 0 fully saturated rings. The van der Waals surface area contributed by atoms with Crippen LogP contribution in [0.3, 0.4) is 0 Å². The number of rotatable bonds is 59. The summed E-state index contributed by atoms with van der Waals surface area (Å²) in [6.07, 6.45) is 25.2. The van der Waals surface area contributed by atoms with Crippen molar-refractivity contribution >= 4 is 12.6 Å². The summed E-state index contributed by atoms with van der Waals surface area (Å²) in [5, 5.41) is 0. The summed E-state index contributed by atoms with van der Waals surface area (Å²) in [4.78, 5) is 0. The molecule has 0 aromatic heterocycles. The summed E-state index contributed by atoms with van der Waals surface area (Å²) >= 11 is 4.26. The van der Waals surface area contributed by atoms with E-state index in [9.17, 15) is 0 Å². The van der Waals surface area contributed by atoms with E-state index in [-0.39, 0.29) is 0 Å². The molecule has 398 valence electrons. The fourth-order valence-corrected chi connectivity index (χ4v) is 7.52. The van der Waals surface area contributed by atoms with E-state index < -0.39 is 0 Å². The average Bonchev–Trinajstić information content (AvgIpc) is 3.30. The summed E-state index contributed by atoms with van der Waals surface area (Å²) in [5.74, 6) is 4.32. The SMILES string of the molecule is CC(C)CCCC(C)CCCC(C)CCCC(C)CCOCCOCCOCCOCCOCCOCCOCCOCCOCCOCCOCCOCCCCCCCCCCCS. The Morgan fingerprint density at radius 3 is 0.697 bits per heavy atom. The molecule has 0 saturated carbocycles. The highest BCUT2D eigenvalue weighted by molar-refractivity contribution is 7.80. The van der Waals surface area contributed by atoms with Crippen LogP contribution in [0.1, 0.15) is 157 Å². The topological polar surface area (TPSA) is 111 Å². The molecule has 0 N–H and O–H groups in total. The molecule has 3 unspecified atom stereocenters. The number of hydrogen-bond acceptors (Lipinski definition) is 13. The molecule has 0 amide bonds. The summed E-state index contributed by atoms with van der Waals surface area (Å²) in [6.45, 7) is 25.7. The molecule has 0 bridgehead atoms. The highest BCUT2D eigenvalue weighted by atomic mass is 32.1. The lowest BCUT2D eigenvalue weighted by Gasteiger charge is -2.16. The van der Waals surface area contributed by atoms with E-state index in [1.807, 2.05) is 0 Å². The van der Waals surface area contributed by atoms with E-state index in [4.69, 9.17) is 56.8 Å². The monoisotopic (exact) mass is 969 g/mol. The van der Waals surface area contributed by atoms with Gasteiger partial charge in [-0.1, -0.05) is 137 Å². The van der Waals surface area contributed by atoms with Crippen LogP contribution in [0.5, 0.6) is 0 Å². The van der Waals surface area contributed by atoms with Crippen molar-refractivity contribution < 1.29 is 56.8 Å². The van der Waals surface area contributed by atoms with E-state index in [2.05, 4.69) is 47.2 Å². The van der Waals surface area contributed by atoms with Crippen molar-refractivity contribution in [3.8, 4) is 0 Å². The van der Waals surface area contributed by atoms with Crippen molar-refractivity contribution in [3.63, 3.8) is 0 Å². The lowest BCUT2D eigenvalue weighted by molar-refractivity contribution is -0.0284. The van der Waals surface area contributed by atoms with Gasteiger partial charge in [-0.15, -0.1) is 0 Å². The second kappa shape index (κ2) is 57.4. The highest BCUT2D eigenvalue weighted by Crippen LogP contribution is 2.22. The van der Waals surface area contributed by atoms with Crippen LogP contribution >= 0.6 is 12.6 Å². The van der Waals surface area contributed by atoms with Crippen LogP contribution < -0.4 is 0 Å². The van der Waals surface area contributed by atoms with E-state index in [0.29, 0.717) is 145 Å². The Kier molecular flexibility index (Phi) is 57.3. The van der Waals surface area contributed by atoms with Crippen molar-refractivity contribution in [3.05, 3.63) is 0 Å². The van der Waals surface area contributed by atoms with Crippen LogP contribution in [-0.2, 0) is 56.8 Å². The fourth-order valence-electron chi connectivity index (χ4n) is 7.30. The molecule has 0 spiro atoms. The Labute approximate surface area is 412 Å². The van der Waals surface area contributed by atoms with Crippen LogP contribution in [0.2, 0.25) is 0 Å². The van der Waals surface area contributed by atoms with Crippen molar-refractivity contribution in [2.45, 2.75) is 157 Å². The quantitative estimate of drug-likeness (QED) is 0.0463. The van der Waals surface area contributed by atoms with Crippen molar-refractivity contribution in [2.24, 2.45) is 23.7 Å². The third kappa shape index (κ3) is 58.2. The molecule has 3 atom stereocenters. The van der Waals surface area contributed by atoms with Gasteiger partial charge in [-0.2, -0.15) is 12.6 Å². The summed E-state index contributed by atoms with van der Waals surface area (Å²) in [6, 6.07) is 0. The van der Waals surface area contributed by atoms with Gasteiger partial charge >= 0.3 is 0 Å². The van der Waals surface area contributed by atoms with Crippen molar-refractivity contribution in [2.75, 3.05) is 164 Å². The number of ether oxygens (including phenoxy) is 12. The molecule has 0 heterocycles. The van der Waals surface area contributed by atoms with Gasteiger partial charge in [-0.25, -0.2) is 0 Å². The van der Waals surface area contributed by atoms with E-state index in [1.54, 1.807) is 0 Å². The van der Waals surface area contributed by atoms with Crippen LogP contribution in [-0.4, -0.2) is 164 Å². The molecular formula is C53H108O12S. The van der Waals surface area contributed by atoms with Gasteiger partial charge in [0.15, 0.2) is 0 Å². The fraction of sp³-hybridized carbons (Fsp3) is 1.00. The predicted octanol–water partition coefficient (Wildman–Crippen LogP) is 11.1. The smallest absolute Gasteiger partial charge is 0.0701 e. The summed E-state index contributed by atoms with van der Waals surface area (Å²) in [5.41, 5.74) is 0. The minimum atomic E-state index is 0.519. The highest BCUT2D eigenvalue weighted by Gasteiger charge is 2.09. The maximum atomic E-state index is 5.80. The molecule has 0 rings (SSSR count). The Morgan fingerprint density at radius 1 is 0.212 bits per heavy atom. The first-order valence-electron chi connectivity index (χ1n) is 27.0. The molecule has 0 aliphatic rings. The first kappa shape index (κ1) is 65.9. The Bertz CT molecular complexity index is 878. The molecular weight excluding hydrogens is 861 g/mol. The van der Waals surface area contributed by atoms with Crippen LogP contribution in [0.25, 0.3) is 0 Å². The molecule has 12 nitrogen and oxygen atoms in total. The first-order valence-corrected chi connectivity index (χ1v) is 27.6. The van der Waals surface area contributed by atoms with E-state index in [0.717, 1.165) is 55.5 Å². The zero-order valence-corrected chi connectivity index (χ0v) is 44.7. The van der Waals surface area contributed by atoms with Crippen molar-refractivity contribution in [1.29, 1.82) is 0 Å². The van der Waals surface area contributed by atoms with Gasteiger partial charge in [0.2, 0.25) is 0 Å². The van der Waals surface area contributed by atoms with Crippen molar-refractivity contribution in [1.82, 2.24) is 0 Å². The van der Waals surface area contributed by atoms with Gasteiger partial charge in [0.25, 0.3) is 0 Å². The lowest BCUT2D eigenvalue weighted by atomic mass is 9.91. The van der Waals surface area contributed by atoms with Gasteiger partial charge in [-0.3, -0.25) is 0 Å². The zero-order chi connectivity index (χ0) is 47.9. The average molecular weight is 970 g/mol. The molecule has 0 aromatic carbocycles. The third-order valence-electron chi connectivity index (χ3n) is 11.6. The molecule has 13 heteroatoms. The Hall–Kier alpha value is -0.130. The lowest BCUT2D eigenvalue weighted by Crippen LogP contribution is -2.15. The van der Waals surface area contributed by atoms with Crippen LogP contribution in [0.15, 0.2) is 0 Å². The third-order valence-corrected chi connectivity index (χ3v) is 11.9. The molecule has 0 aliphatic heterocycles. The molecule has 0 aliphatic carbocycles. The summed E-state index contributed by atoms with van der Waals surface area (Å²) < 4.78 is 67.1. The van der Waals surface area contributed by atoms with Gasteiger partial charge in [-0.05, 0) is 48.7 Å². The minimum Gasteiger partial charge on any atom is -0.379 e. The predicted molar refractivity (Wildman–Crippen MR) is 274 cm³/mol. The standard InChI is InChI=1S/C53H108O12S/c1-50(2)18-15-19-51(3)20-16-21-52(4)22-17-23-53(5)24-26-55-28-30-57-32-34-59-36-38-61-40-42-63-44-46-65-48-47-64-45-43-62-41-39-60-37-35-58-33-31-56-29-27-54-25-13-11-9-7-6-8-10-12-14-49-66/h50-53,66H,6-49H2,1-5H3.